The maximum absolute atomic E-state index is 11.5. The lowest BCUT2D eigenvalue weighted by molar-refractivity contribution is -0.120. The zero-order valence-electron chi connectivity index (χ0n) is 11.9. The second-order valence-electron chi connectivity index (χ2n) is 4.47. The van der Waals surface area contributed by atoms with Crippen molar-refractivity contribution in [1.82, 2.24) is 5.32 Å². The zero-order valence-corrected chi connectivity index (χ0v) is 11.9. The van der Waals surface area contributed by atoms with Gasteiger partial charge < -0.3 is 15.4 Å². The van der Waals surface area contributed by atoms with Crippen LogP contribution >= 0.6 is 0 Å². The zero-order chi connectivity index (χ0) is 13.9. The van der Waals surface area contributed by atoms with Crippen LogP contribution in [0.1, 0.15) is 32.6 Å². The van der Waals surface area contributed by atoms with Crippen molar-refractivity contribution < 1.29 is 9.53 Å². The van der Waals surface area contributed by atoms with Gasteiger partial charge in [-0.1, -0.05) is 25.8 Å². The fourth-order valence-corrected chi connectivity index (χ4v) is 1.74. The number of anilines is 1. The van der Waals surface area contributed by atoms with Crippen molar-refractivity contribution in [3.63, 3.8) is 0 Å². The van der Waals surface area contributed by atoms with Crippen molar-refractivity contribution in [2.45, 2.75) is 32.6 Å². The van der Waals surface area contributed by atoms with Gasteiger partial charge in [0.25, 0.3) is 0 Å². The summed E-state index contributed by atoms with van der Waals surface area (Å²) in [5, 5.41) is 6.13. The van der Waals surface area contributed by atoms with E-state index in [2.05, 4.69) is 17.6 Å². The topological polar surface area (TPSA) is 50.4 Å². The number of hydrogen-bond acceptors (Lipinski definition) is 3. The van der Waals surface area contributed by atoms with E-state index in [0.717, 1.165) is 24.4 Å². The summed E-state index contributed by atoms with van der Waals surface area (Å²) in [7, 11) is 1.64. The molecule has 0 spiro atoms. The van der Waals surface area contributed by atoms with Gasteiger partial charge in [-0.2, -0.15) is 0 Å². The van der Waals surface area contributed by atoms with Gasteiger partial charge in [-0.15, -0.1) is 0 Å². The standard InChI is InChI=1S/C15H24N2O2/c1-3-4-5-10-17-15(18)9-11-16-13-7-6-8-14(12-13)19-2/h6-8,12,16H,3-5,9-11H2,1-2H3,(H,17,18). The molecule has 0 saturated carbocycles. The first-order valence-corrected chi connectivity index (χ1v) is 6.91. The number of carbonyl (C=O) groups excluding carboxylic acids is 1. The van der Waals surface area contributed by atoms with Crippen LogP contribution in [0.15, 0.2) is 24.3 Å². The number of rotatable bonds is 9. The van der Waals surface area contributed by atoms with Crippen molar-refractivity contribution in [1.29, 1.82) is 0 Å². The van der Waals surface area contributed by atoms with E-state index in [1.807, 2.05) is 24.3 Å². The van der Waals surface area contributed by atoms with E-state index in [-0.39, 0.29) is 5.91 Å². The molecule has 0 saturated heterocycles. The quantitative estimate of drug-likeness (QED) is 0.674. The molecule has 1 amide bonds. The number of nitrogens with one attached hydrogen (secondary N) is 2. The number of carbonyl (C=O) groups is 1. The summed E-state index contributed by atoms with van der Waals surface area (Å²) in [6, 6.07) is 7.69. The van der Waals surface area contributed by atoms with Gasteiger partial charge in [-0.05, 0) is 18.6 Å². The molecule has 4 nitrogen and oxygen atoms in total. The molecule has 0 aliphatic carbocycles. The molecular formula is C15H24N2O2. The molecule has 0 aromatic heterocycles. The summed E-state index contributed by atoms with van der Waals surface area (Å²) < 4.78 is 5.14. The molecule has 0 aliphatic rings. The SMILES string of the molecule is CCCCCNC(=O)CCNc1cccc(OC)c1. The smallest absolute Gasteiger partial charge is 0.221 e. The third-order valence-corrected chi connectivity index (χ3v) is 2.85. The van der Waals surface area contributed by atoms with E-state index in [1.54, 1.807) is 7.11 Å². The van der Waals surface area contributed by atoms with Crippen LogP contribution in [0.2, 0.25) is 0 Å². The number of unbranched alkanes of at least 4 members (excludes halogenated alkanes) is 2. The molecule has 0 bridgehead atoms. The molecule has 0 atom stereocenters. The predicted octanol–water partition coefficient (Wildman–Crippen LogP) is 2.80. The van der Waals surface area contributed by atoms with E-state index in [4.69, 9.17) is 4.74 Å². The maximum Gasteiger partial charge on any atom is 0.221 e. The summed E-state index contributed by atoms with van der Waals surface area (Å²) in [5.41, 5.74) is 0.970. The number of methoxy groups -OCH3 is 1. The minimum Gasteiger partial charge on any atom is -0.497 e. The third-order valence-electron chi connectivity index (χ3n) is 2.85. The van der Waals surface area contributed by atoms with E-state index < -0.39 is 0 Å². The molecule has 2 N–H and O–H groups in total. The number of amides is 1. The van der Waals surface area contributed by atoms with Gasteiger partial charge in [0, 0.05) is 31.3 Å². The fraction of sp³-hybridized carbons (Fsp3) is 0.533. The molecule has 0 heterocycles. The Bertz CT molecular complexity index is 380. The highest BCUT2D eigenvalue weighted by atomic mass is 16.5. The Balaban J connectivity index is 2.16. The van der Waals surface area contributed by atoms with Crippen molar-refractivity contribution in [3.05, 3.63) is 24.3 Å². The Morgan fingerprint density at radius 1 is 1.26 bits per heavy atom. The van der Waals surface area contributed by atoms with Crippen LogP contribution in [-0.2, 0) is 4.79 Å². The molecule has 0 unspecified atom stereocenters. The van der Waals surface area contributed by atoms with Crippen LogP contribution < -0.4 is 15.4 Å². The normalized spacial score (nSPS) is 10.0. The second-order valence-corrected chi connectivity index (χ2v) is 4.47. The van der Waals surface area contributed by atoms with E-state index in [1.165, 1.54) is 12.8 Å². The Labute approximate surface area is 115 Å². The molecule has 0 radical (unpaired) electrons. The highest BCUT2D eigenvalue weighted by Gasteiger charge is 2.00. The Hall–Kier alpha value is -1.71. The molecule has 1 aromatic carbocycles. The number of ether oxygens (including phenoxy) is 1. The van der Waals surface area contributed by atoms with Crippen molar-refractivity contribution in [3.8, 4) is 5.75 Å². The van der Waals surface area contributed by atoms with Crippen LogP contribution in [0.4, 0.5) is 5.69 Å². The summed E-state index contributed by atoms with van der Waals surface area (Å²) >= 11 is 0. The maximum atomic E-state index is 11.5. The lowest BCUT2D eigenvalue weighted by Crippen LogP contribution is -2.26. The first-order valence-electron chi connectivity index (χ1n) is 6.91. The van der Waals surface area contributed by atoms with Gasteiger partial charge in [0.05, 0.1) is 7.11 Å². The van der Waals surface area contributed by atoms with E-state index in [0.29, 0.717) is 13.0 Å². The molecule has 4 heteroatoms. The monoisotopic (exact) mass is 264 g/mol. The van der Waals surface area contributed by atoms with E-state index in [9.17, 15) is 4.79 Å². The van der Waals surface area contributed by atoms with Crippen LogP contribution in [0.5, 0.6) is 5.75 Å². The van der Waals surface area contributed by atoms with Gasteiger partial charge >= 0.3 is 0 Å². The average molecular weight is 264 g/mol. The Morgan fingerprint density at radius 2 is 2.11 bits per heavy atom. The average Bonchev–Trinajstić information content (AvgIpc) is 2.44. The number of benzene rings is 1. The van der Waals surface area contributed by atoms with Crippen LogP contribution in [0.3, 0.4) is 0 Å². The van der Waals surface area contributed by atoms with Gasteiger partial charge in [-0.25, -0.2) is 0 Å². The molecular weight excluding hydrogens is 240 g/mol. The highest BCUT2D eigenvalue weighted by Crippen LogP contribution is 2.16. The molecule has 0 fully saturated rings. The van der Waals surface area contributed by atoms with Gasteiger partial charge in [0.1, 0.15) is 5.75 Å². The summed E-state index contributed by atoms with van der Waals surface area (Å²) in [5.74, 6) is 0.917. The highest BCUT2D eigenvalue weighted by molar-refractivity contribution is 5.76. The lowest BCUT2D eigenvalue weighted by Gasteiger charge is -2.08. The van der Waals surface area contributed by atoms with Gasteiger partial charge in [0.2, 0.25) is 5.91 Å². The summed E-state index contributed by atoms with van der Waals surface area (Å²) in [4.78, 5) is 11.5. The van der Waals surface area contributed by atoms with Crippen LogP contribution in [0, 0.1) is 0 Å². The first kappa shape index (κ1) is 15.3. The minimum absolute atomic E-state index is 0.103. The molecule has 0 aliphatic heterocycles. The summed E-state index contributed by atoms with van der Waals surface area (Å²) in [6.45, 7) is 3.57. The fourth-order valence-electron chi connectivity index (χ4n) is 1.74. The summed E-state index contributed by atoms with van der Waals surface area (Å²) in [6.07, 6.45) is 3.89. The third kappa shape index (κ3) is 6.70. The lowest BCUT2D eigenvalue weighted by atomic mass is 10.2. The van der Waals surface area contributed by atoms with Crippen molar-refractivity contribution in [2.75, 3.05) is 25.5 Å². The van der Waals surface area contributed by atoms with Crippen molar-refractivity contribution >= 4 is 11.6 Å². The Morgan fingerprint density at radius 3 is 2.84 bits per heavy atom. The second kappa shape index (κ2) is 9.25. The Kier molecular flexibility index (Phi) is 7.47. The van der Waals surface area contributed by atoms with Gasteiger partial charge in [0.15, 0.2) is 0 Å². The predicted molar refractivity (Wildman–Crippen MR) is 78.6 cm³/mol. The molecule has 1 rings (SSSR count). The van der Waals surface area contributed by atoms with Gasteiger partial charge in [-0.3, -0.25) is 4.79 Å². The van der Waals surface area contributed by atoms with Crippen molar-refractivity contribution in [2.24, 2.45) is 0 Å². The number of hydrogen-bond donors (Lipinski definition) is 2. The van der Waals surface area contributed by atoms with Crippen LogP contribution in [-0.4, -0.2) is 26.1 Å². The molecule has 19 heavy (non-hydrogen) atoms. The minimum atomic E-state index is 0.103. The first-order chi connectivity index (χ1) is 9.26. The molecule has 106 valence electrons. The largest absolute Gasteiger partial charge is 0.497 e. The van der Waals surface area contributed by atoms with Crippen LogP contribution in [0.25, 0.3) is 0 Å². The van der Waals surface area contributed by atoms with E-state index >= 15 is 0 Å². The molecule has 1 aromatic rings.